The number of phenols is 2. The quantitative estimate of drug-likeness (QED) is 0.0657. The van der Waals surface area contributed by atoms with E-state index in [4.69, 9.17) is 15.0 Å². The molecule has 7 unspecified atom stereocenters. The molecule has 3 aliphatic carbocycles. The van der Waals surface area contributed by atoms with Gasteiger partial charge in [-0.3, -0.25) is 9.59 Å². The average Bonchev–Trinajstić information content (AvgIpc) is 4.11. The number of nitrogens with zero attached hydrogens (tertiary/aromatic N) is 2. The third-order valence-corrected chi connectivity index (χ3v) is 15.4. The van der Waals surface area contributed by atoms with Crippen LogP contribution in [0, 0.1) is 35.5 Å². The zero-order chi connectivity index (χ0) is 47.6. The number of H-pyrrole nitrogens is 1. The minimum absolute atomic E-state index is 0.000493. The van der Waals surface area contributed by atoms with Crippen molar-refractivity contribution in [1.82, 2.24) is 15.3 Å². The number of nitrogens with one attached hydrogen (secondary N) is 2. The van der Waals surface area contributed by atoms with Crippen molar-refractivity contribution >= 4 is 29.5 Å². The summed E-state index contributed by atoms with van der Waals surface area (Å²) in [7, 11) is 1.84. The maximum absolute atomic E-state index is 15.9. The fraction of sp³-hybridized carbons (Fsp3) is 0.414. The Hall–Kier alpha value is -6.32. The number of Topliss-reactive ketones (excluding diaryl/α,β-unsaturated/α-hetero) is 2. The van der Waals surface area contributed by atoms with Crippen molar-refractivity contribution in [2.24, 2.45) is 23.7 Å². The molecule has 3 aromatic carbocycles. The molecule has 6 N–H and O–H groups in total. The molecule has 0 amide bonds. The lowest BCUT2D eigenvalue weighted by molar-refractivity contribution is -0.135. The highest BCUT2D eigenvalue weighted by Gasteiger charge is 2.43. The van der Waals surface area contributed by atoms with Gasteiger partial charge in [0.15, 0.2) is 17.3 Å². The van der Waals surface area contributed by atoms with Crippen LogP contribution in [-0.2, 0) is 41.7 Å². The Kier molecular flexibility index (Phi) is 13.7. The Bertz CT molecular complexity index is 2840. The van der Waals surface area contributed by atoms with Crippen LogP contribution in [0.5, 0.6) is 17.2 Å². The van der Waals surface area contributed by atoms with Gasteiger partial charge in [-0.1, -0.05) is 96.2 Å². The number of ether oxygens (including phenoxy) is 1. The molecular formula is C58H62N4O7-2. The minimum Gasteiger partial charge on any atom is -0.664 e. The first kappa shape index (κ1) is 46.4. The summed E-state index contributed by atoms with van der Waals surface area (Å²) in [6.45, 7) is 0.0433. The van der Waals surface area contributed by atoms with E-state index in [-0.39, 0.29) is 54.5 Å². The predicted molar refractivity (Wildman–Crippen MR) is 267 cm³/mol. The molecule has 5 aliphatic rings. The van der Waals surface area contributed by atoms with E-state index in [1.807, 2.05) is 61.8 Å². The predicted octanol–water partition coefficient (Wildman–Crippen LogP) is 8.56. The van der Waals surface area contributed by atoms with E-state index in [0.717, 1.165) is 88.7 Å². The first-order chi connectivity index (χ1) is 33.6. The second-order valence-corrected chi connectivity index (χ2v) is 19.9. The van der Waals surface area contributed by atoms with Crippen LogP contribution in [0.25, 0.3) is 17.5 Å². The monoisotopic (exact) mass is 926 g/mol. The van der Waals surface area contributed by atoms with Gasteiger partial charge < -0.3 is 45.8 Å². The third-order valence-electron chi connectivity index (χ3n) is 15.4. The Morgan fingerprint density at radius 1 is 0.884 bits per heavy atom. The Balaban J connectivity index is 1.14. The number of carbonyl (C=O) groups is 2. The summed E-state index contributed by atoms with van der Waals surface area (Å²) in [4.78, 5) is 39.0. The molecule has 11 nitrogen and oxygen atoms in total. The zero-order valence-corrected chi connectivity index (χ0v) is 39.3. The smallest absolute Gasteiger partial charge is 0.161 e. The van der Waals surface area contributed by atoms with E-state index in [2.05, 4.69) is 46.4 Å². The number of aryl methyl sites for hydroxylation is 2. The van der Waals surface area contributed by atoms with Crippen molar-refractivity contribution < 1.29 is 34.8 Å². The van der Waals surface area contributed by atoms with E-state index in [1.165, 1.54) is 0 Å². The summed E-state index contributed by atoms with van der Waals surface area (Å²) >= 11 is 0. The summed E-state index contributed by atoms with van der Waals surface area (Å²) in [6.07, 6.45) is 16.4. The summed E-state index contributed by atoms with van der Waals surface area (Å²) in [5.74, 6) is 4.78. The highest BCUT2D eigenvalue weighted by atomic mass is 16.5. The number of benzene rings is 3. The molecule has 10 rings (SSSR count). The molecular weight excluding hydrogens is 865 g/mol. The van der Waals surface area contributed by atoms with Crippen LogP contribution in [0.4, 0.5) is 5.82 Å². The molecule has 0 spiro atoms. The summed E-state index contributed by atoms with van der Waals surface area (Å²) in [5, 5.41) is 54.1. The van der Waals surface area contributed by atoms with Gasteiger partial charge in [0, 0.05) is 49.1 Å². The molecule has 358 valence electrons. The van der Waals surface area contributed by atoms with Crippen LogP contribution >= 0.6 is 0 Å². The van der Waals surface area contributed by atoms with E-state index in [9.17, 15) is 25.2 Å². The van der Waals surface area contributed by atoms with E-state index in [0.29, 0.717) is 61.4 Å². The van der Waals surface area contributed by atoms with Crippen molar-refractivity contribution in [3.63, 3.8) is 0 Å². The van der Waals surface area contributed by atoms with E-state index < -0.39 is 35.8 Å². The van der Waals surface area contributed by atoms with Crippen molar-refractivity contribution in [2.45, 2.75) is 108 Å². The number of aromatic hydroxyl groups is 2. The average molecular weight is 927 g/mol. The molecule has 11 heteroatoms. The molecule has 0 radical (unpaired) electrons. The Morgan fingerprint density at radius 2 is 1.74 bits per heavy atom. The number of fused-ring (bicyclic) bond motifs is 8. The van der Waals surface area contributed by atoms with Crippen LogP contribution in [0.15, 0.2) is 84.7 Å². The SMILES string of the molecule is CNCC1C#CC2[N-]c3[nH]ccc3Cc3cc(ccc3CC1O)Cc1cc(cc(OC3CCCC3)c1O)CCC(=O)C(CCO)C(=O)C1C2=Cc2[n-]ccc2C1CC1C=Cc2c(O)cccc2CC1. The first-order valence-corrected chi connectivity index (χ1v) is 25.0. The number of hydrogen-bond acceptors (Lipinski definition) is 8. The minimum atomic E-state index is -1.13. The topological polar surface area (TPSA) is 180 Å². The number of ketones is 2. The number of rotatable bonds is 8. The molecule has 4 heterocycles. The Labute approximate surface area is 404 Å². The molecule has 2 aromatic heterocycles. The number of phenolic OH excluding ortho intramolecular Hbond substituents is 2. The second-order valence-electron chi connectivity index (χ2n) is 19.9. The summed E-state index contributed by atoms with van der Waals surface area (Å²) in [6, 6.07) is 18.8. The number of allylic oxidation sites excluding steroid dienone is 1. The van der Waals surface area contributed by atoms with Gasteiger partial charge in [0.25, 0.3) is 0 Å². The van der Waals surface area contributed by atoms with Crippen LogP contribution in [-0.4, -0.2) is 75.4 Å². The number of carbonyl (C=O) groups excluding carboxylic acids is 2. The lowest BCUT2D eigenvalue weighted by atomic mass is 9.66. The largest absolute Gasteiger partial charge is 0.664 e. The molecule has 2 aliphatic heterocycles. The summed E-state index contributed by atoms with van der Waals surface area (Å²) < 4.78 is 6.50. The standard InChI is InChI=1S/C58H62N4O7/c1-59-33-40-15-17-49-48-32-50-45(20-23-60-50)47(28-34-9-13-37-5-4-8-51(64)44(37)16-11-34)55(48)57(68)46(21-24-63)52(65)18-12-36-27-42(56(67)54(29-36)69-43-6-2-3-7-43)26-35-10-14-38(31-53(40)66)41(25-35)30-39-19-22-61-58(39)62-49/h4-5,8,10-11,14,16,19-20,22-23,25,27,29,32,34,40,43,46-47,49,53,55,59,61,63-64,66-67H,2-3,6-7,9,12-13,18,21,24,26,28,30-31,33H2,1H3/q-2. The first-order valence-electron chi connectivity index (χ1n) is 25.0. The summed E-state index contributed by atoms with van der Waals surface area (Å²) in [5.41, 5.74) is 9.52. The number of aromatic amines is 1. The van der Waals surface area contributed by atoms with Gasteiger partial charge in [0.1, 0.15) is 11.5 Å². The highest BCUT2D eigenvalue weighted by Crippen LogP contribution is 2.48. The molecule has 5 bridgehead atoms. The van der Waals surface area contributed by atoms with Gasteiger partial charge in [-0.05, 0) is 141 Å². The molecule has 1 fully saturated rings. The normalized spacial score (nSPS) is 24.8. The zero-order valence-electron chi connectivity index (χ0n) is 39.3. The van der Waals surface area contributed by atoms with Gasteiger partial charge in [0.2, 0.25) is 0 Å². The highest BCUT2D eigenvalue weighted by molar-refractivity contribution is 6.05. The van der Waals surface area contributed by atoms with Gasteiger partial charge in [-0.2, -0.15) is 6.20 Å². The van der Waals surface area contributed by atoms with Gasteiger partial charge in [0.05, 0.1) is 24.0 Å². The van der Waals surface area contributed by atoms with Crippen LogP contribution in [0.1, 0.15) is 113 Å². The Morgan fingerprint density at radius 3 is 2.58 bits per heavy atom. The van der Waals surface area contributed by atoms with Gasteiger partial charge in [-0.15, -0.1) is 5.69 Å². The maximum atomic E-state index is 15.9. The number of aliphatic hydroxyl groups excluding tert-OH is 2. The van der Waals surface area contributed by atoms with Crippen molar-refractivity contribution in [2.75, 3.05) is 20.2 Å². The second kappa shape index (κ2) is 20.3. The van der Waals surface area contributed by atoms with Crippen molar-refractivity contribution in [1.29, 1.82) is 0 Å². The molecule has 1 saturated carbocycles. The third kappa shape index (κ3) is 9.81. The number of aliphatic hydroxyl groups is 2. The van der Waals surface area contributed by atoms with E-state index >= 15 is 4.79 Å². The van der Waals surface area contributed by atoms with Crippen LogP contribution in [0.2, 0.25) is 0 Å². The van der Waals surface area contributed by atoms with Gasteiger partial charge in [-0.25, -0.2) is 0 Å². The van der Waals surface area contributed by atoms with Gasteiger partial charge >= 0.3 is 0 Å². The molecule has 69 heavy (non-hydrogen) atoms. The van der Waals surface area contributed by atoms with Crippen LogP contribution < -0.4 is 15.0 Å². The van der Waals surface area contributed by atoms with Crippen molar-refractivity contribution in [3.8, 4) is 29.1 Å². The fourth-order valence-corrected chi connectivity index (χ4v) is 11.7. The number of hydrogen-bond donors (Lipinski definition) is 6. The molecule has 0 saturated heterocycles. The van der Waals surface area contributed by atoms with E-state index in [1.54, 1.807) is 12.3 Å². The lowest BCUT2D eigenvalue weighted by Crippen LogP contribution is -2.39. The number of aromatic nitrogens is 2. The van der Waals surface area contributed by atoms with Crippen molar-refractivity contribution in [3.05, 3.63) is 146 Å². The molecule has 7 atom stereocenters. The molecule has 5 aromatic rings. The maximum Gasteiger partial charge on any atom is 0.161 e. The van der Waals surface area contributed by atoms with Crippen LogP contribution in [0.3, 0.4) is 0 Å². The fourth-order valence-electron chi connectivity index (χ4n) is 11.7. The lowest BCUT2D eigenvalue weighted by Gasteiger charge is -2.40.